The molecule has 17 heavy (non-hydrogen) atoms. The quantitative estimate of drug-likeness (QED) is 0.825. The molecule has 2 heterocycles. The summed E-state index contributed by atoms with van der Waals surface area (Å²) in [5, 5.41) is 1.31. The topological polar surface area (TPSA) is 45.2 Å². The number of rotatable bonds is 2. The summed E-state index contributed by atoms with van der Waals surface area (Å²) >= 11 is 1.62. The predicted molar refractivity (Wildman–Crippen MR) is 71.8 cm³/mol. The van der Waals surface area contributed by atoms with Gasteiger partial charge in [-0.1, -0.05) is 12.1 Å². The lowest BCUT2D eigenvalue weighted by atomic mass is 10.2. The van der Waals surface area contributed by atoms with E-state index >= 15 is 0 Å². The molecular formula is C13H12N2OS. The second-order valence-corrected chi connectivity index (χ2v) is 5.28. The van der Waals surface area contributed by atoms with Crippen molar-refractivity contribution in [2.75, 3.05) is 5.75 Å². The molecule has 1 fully saturated rings. The Balaban J connectivity index is 1.79. The van der Waals surface area contributed by atoms with E-state index in [1.165, 1.54) is 5.39 Å². The van der Waals surface area contributed by atoms with E-state index in [2.05, 4.69) is 22.1 Å². The number of aromatic amines is 1. The van der Waals surface area contributed by atoms with Crippen molar-refractivity contribution in [2.24, 2.45) is 4.99 Å². The molecule has 2 aromatic rings. The number of ketones is 1. The molecule has 3 rings (SSSR count). The molecule has 1 saturated heterocycles. The molecule has 1 atom stereocenters. The van der Waals surface area contributed by atoms with Crippen LogP contribution < -0.4 is 0 Å². The number of H-pyrrole nitrogens is 1. The monoisotopic (exact) mass is 244 g/mol. The summed E-state index contributed by atoms with van der Waals surface area (Å²) in [5.74, 6) is 0.912. The van der Waals surface area contributed by atoms with Crippen molar-refractivity contribution in [3.8, 4) is 0 Å². The number of thioether (sulfide) groups is 1. The highest BCUT2D eigenvalue weighted by Crippen LogP contribution is 2.24. The molecule has 0 bridgehead atoms. The van der Waals surface area contributed by atoms with E-state index in [0.29, 0.717) is 18.0 Å². The third kappa shape index (κ3) is 2.26. The molecule has 3 nitrogen and oxygen atoms in total. The average molecular weight is 244 g/mol. The Morgan fingerprint density at radius 1 is 1.41 bits per heavy atom. The Morgan fingerprint density at radius 2 is 2.35 bits per heavy atom. The van der Waals surface area contributed by atoms with Crippen molar-refractivity contribution in [1.82, 2.24) is 4.98 Å². The molecule has 0 radical (unpaired) electrons. The zero-order valence-electron chi connectivity index (χ0n) is 9.22. The van der Waals surface area contributed by atoms with Crippen molar-refractivity contribution in [3.63, 3.8) is 0 Å². The zero-order chi connectivity index (χ0) is 11.7. The van der Waals surface area contributed by atoms with E-state index in [9.17, 15) is 4.79 Å². The highest BCUT2D eigenvalue weighted by molar-refractivity contribution is 8.01. The molecular weight excluding hydrogens is 232 g/mol. The zero-order valence-corrected chi connectivity index (χ0v) is 10.0. The maximum atomic E-state index is 11.1. The minimum absolute atomic E-state index is 0.113. The van der Waals surface area contributed by atoms with Crippen LogP contribution in [0.15, 0.2) is 35.5 Å². The Kier molecular flexibility index (Phi) is 2.73. The number of carbonyl (C=O) groups is 1. The third-order valence-electron chi connectivity index (χ3n) is 2.81. The minimum Gasteiger partial charge on any atom is -0.361 e. The minimum atomic E-state index is 0.113. The Morgan fingerprint density at radius 3 is 3.18 bits per heavy atom. The smallest absolute Gasteiger partial charge is 0.145 e. The lowest BCUT2D eigenvalue weighted by Gasteiger charge is -1.99. The maximum Gasteiger partial charge on any atom is 0.145 e. The van der Waals surface area contributed by atoms with Gasteiger partial charge in [-0.05, 0) is 23.1 Å². The lowest BCUT2D eigenvalue weighted by Crippen LogP contribution is -1.97. The predicted octanol–water partition coefficient (Wildman–Crippen LogP) is 2.62. The van der Waals surface area contributed by atoms with Crippen LogP contribution in [-0.4, -0.2) is 28.1 Å². The van der Waals surface area contributed by atoms with Crippen LogP contribution in [0, 0.1) is 0 Å². The summed E-state index contributed by atoms with van der Waals surface area (Å²) in [6, 6.07) is 8.23. The van der Waals surface area contributed by atoms with Crippen molar-refractivity contribution >= 4 is 34.7 Å². The molecule has 86 valence electrons. The highest BCUT2D eigenvalue weighted by atomic mass is 32.2. The Bertz CT molecular complexity index is 588. The molecule has 0 spiro atoms. The molecule has 0 aliphatic carbocycles. The summed E-state index contributed by atoms with van der Waals surface area (Å²) < 4.78 is 0. The molecule has 0 amide bonds. The van der Waals surface area contributed by atoms with E-state index < -0.39 is 0 Å². The maximum absolute atomic E-state index is 11.1. The summed E-state index contributed by atoms with van der Waals surface area (Å²) in [4.78, 5) is 18.7. The van der Waals surface area contributed by atoms with Gasteiger partial charge in [0.1, 0.15) is 11.2 Å². The number of Topliss-reactive ketones (excluding diaryl/α,β-unsaturated/α-hetero) is 1. The van der Waals surface area contributed by atoms with Crippen LogP contribution >= 0.6 is 11.8 Å². The van der Waals surface area contributed by atoms with E-state index in [1.807, 2.05) is 24.5 Å². The van der Waals surface area contributed by atoms with E-state index in [4.69, 9.17) is 0 Å². The summed E-state index contributed by atoms with van der Waals surface area (Å²) in [7, 11) is 0. The molecule has 0 saturated carbocycles. The number of benzene rings is 1. The first-order valence-electron chi connectivity index (χ1n) is 5.55. The number of aliphatic imine (C=N–C) groups is 1. The van der Waals surface area contributed by atoms with Gasteiger partial charge in [-0.2, -0.15) is 0 Å². The van der Waals surface area contributed by atoms with E-state index in [-0.39, 0.29) is 5.37 Å². The van der Waals surface area contributed by atoms with Gasteiger partial charge in [0.15, 0.2) is 0 Å². The number of carbonyl (C=O) groups excluding carboxylic acids is 1. The van der Waals surface area contributed by atoms with Crippen molar-refractivity contribution in [1.29, 1.82) is 0 Å². The van der Waals surface area contributed by atoms with Gasteiger partial charge >= 0.3 is 0 Å². The van der Waals surface area contributed by atoms with E-state index in [0.717, 1.165) is 11.1 Å². The van der Waals surface area contributed by atoms with Gasteiger partial charge in [0.2, 0.25) is 0 Å². The fourth-order valence-electron chi connectivity index (χ4n) is 1.91. The van der Waals surface area contributed by atoms with Gasteiger partial charge in [0.25, 0.3) is 0 Å². The van der Waals surface area contributed by atoms with Gasteiger partial charge in [-0.15, -0.1) is 11.8 Å². The number of hydrogen-bond acceptors (Lipinski definition) is 3. The Labute approximate surface area is 103 Å². The van der Waals surface area contributed by atoms with Crippen LogP contribution in [0.1, 0.15) is 12.0 Å². The van der Waals surface area contributed by atoms with Gasteiger partial charge < -0.3 is 4.98 Å². The SMILES string of the molecule is O=C1CSC(N=Cc2ccc3cc[nH]c3c2)C1. The molecule has 4 heteroatoms. The number of aromatic nitrogens is 1. The fourth-order valence-corrected chi connectivity index (χ4v) is 2.86. The van der Waals surface area contributed by atoms with Crippen molar-refractivity contribution in [3.05, 3.63) is 36.0 Å². The standard InChI is InChI=1S/C13H12N2OS/c16-11-6-13(17-8-11)15-7-9-1-2-10-3-4-14-12(10)5-9/h1-5,7,13-14H,6,8H2. The normalized spacial score (nSPS) is 20.7. The first kappa shape index (κ1) is 10.6. The first-order chi connectivity index (χ1) is 8.31. The number of hydrogen-bond donors (Lipinski definition) is 1. The summed E-state index contributed by atoms with van der Waals surface area (Å²) in [6.45, 7) is 0. The largest absolute Gasteiger partial charge is 0.361 e. The molecule has 1 aliphatic heterocycles. The van der Waals surface area contributed by atoms with Crippen molar-refractivity contribution in [2.45, 2.75) is 11.8 Å². The van der Waals surface area contributed by atoms with Crippen LogP contribution in [0.3, 0.4) is 0 Å². The van der Waals surface area contributed by atoms with Crippen LogP contribution in [-0.2, 0) is 4.79 Å². The van der Waals surface area contributed by atoms with Crippen molar-refractivity contribution < 1.29 is 4.79 Å². The van der Waals surface area contributed by atoms with Crippen LogP contribution in [0.5, 0.6) is 0 Å². The van der Waals surface area contributed by atoms with Gasteiger partial charge in [0.05, 0.1) is 5.75 Å². The molecule has 1 aromatic carbocycles. The average Bonchev–Trinajstić information content (AvgIpc) is 2.94. The Hall–Kier alpha value is -1.55. The van der Waals surface area contributed by atoms with Gasteiger partial charge in [-0.3, -0.25) is 9.79 Å². The molecule has 1 aliphatic rings. The number of fused-ring (bicyclic) bond motifs is 1. The van der Waals surface area contributed by atoms with Crippen LogP contribution in [0.4, 0.5) is 0 Å². The van der Waals surface area contributed by atoms with Gasteiger partial charge in [0, 0.05) is 24.3 Å². The van der Waals surface area contributed by atoms with Crippen LogP contribution in [0.2, 0.25) is 0 Å². The summed E-state index contributed by atoms with van der Waals surface area (Å²) in [5.41, 5.74) is 2.18. The van der Waals surface area contributed by atoms with E-state index in [1.54, 1.807) is 11.8 Å². The number of nitrogens with one attached hydrogen (secondary N) is 1. The third-order valence-corrected chi connectivity index (χ3v) is 3.97. The number of nitrogens with zero attached hydrogens (tertiary/aromatic N) is 1. The first-order valence-corrected chi connectivity index (χ1v) is 6.60. The second kappa shape index (κ2) is 4.37. The van der Waals surface area contributed by atoms with Gasteiger partial charge in [-0.25, -0.2) is 0 Å². The second-order valence-electron chi connectivity index (χ2n) is 4.11. The fraction of sp³-hybridized carbons (Fsp3) is 0.231. The lowest BCUT2D eigenvalue weighted by molar-refractivity contribution is -0.116. The molecule has 1 aromatic heterocycles. The molecule has 1 N–H and O–H groups in total. The molecule has 1 unspecified atom stereocenters. The highest BCUT2D eigenvalue weighted by Gasteiger charge is 2.20. The summed E-state index contributed by atoms with van der Waals surface area (Å²) in [6.07, 6.45) is 4.36. The van der Waals surface area contributed by atoms with Crippen LogP contribution in [0.25, 0.3) is 10.9 Å².